The highest BCUT2D eigenvalue weighted by atomic mass is 35.5. The molecule has 1 aliphatic rings. The fraction of sp³-hybridized carbons (Fsp3) is 0.308. The summed E-state index contributed by atoms with van der Waals surface area (Å²) in [6, 6.07) is 11.7. The highest BCUT2D eigenvalue weighted by molar-refractivity contribution is 6.30. The number of hydrogen-bond donors (Lipinski definition) is 0. The van der Waals surface area contributed by atoms with E-state index in [1.54, 1.807) is 48.1 Å². The van der Waals surface area contributed by atoms with Crippen LogP contribution in [0.5, 0.6) is 5.75 Å². The molecule has 2 atom stereocenters. The summed E-state index contributed by atoms with van der Waals surface area (Å²) in [5.74, 6) is -0.0724. The molecule has 0 N–H and O–H groups in total. The molecular weight excluding hydrogens is 470 g/mol. The van der Waals surface area contributed by atoms with Gasteiger partial charge in [-0.25, -0.2) is 9.36 Å². The summed E-state index contributed by atoms with van der Waals surface area (Å²) >= 11 is 6.19. The van der Waals surface area contributed by atoms with E-state index in [4.69, 9.17) is 21.1 Å². The van der Waals surface area contributed by atoms with Crippen LogP contribution < -0.4 is 16.0 Å². The lowest BCUT2D eigenvalue weighted by Gasteiger charge is -2.30. The molecule has 2 heterocycles. The maximum Gasteiger partial charge on any atom is 0.336 e. The first-order valence-electron chi connectivity index (χ1n) is 11.4. The van der Waals surface area contributed by atoms with Crippen molar-refractivity contribution in [1.82, 2.24) is 14.1 Å². The highest BCUT2D eigenvalue weighted by Gasteiger charge is 2.32. The van der Waals surface area contributed by atoms with Gasteiger partial charge in [-0.15, -0.1) is 0 Å². The number of fused-ring (bicyclic) bond motifs is 3. The number of benzene rings is 2. The van der Waals surface area contributed by atoms with Gasteiger partial charge in [0.05, 0.1) is 36.7 Å². The first-order valence-corrected chi connectivity index (χ1v) is 11.8. The maximum absolute atomic E-state index is 14.1. The molecule has 35 heavy (non-hydrogen) atoms. The van der Waals surface area contributed by atoms with Gasteiger partial charge in [0.25, 0.3) is 5.56 Å². The van der Waals surface area contributed by atoms with Gasteiger partial charge >= 0.3 is 11.7 Å². The van der Waals surface area contributed by atoms with Crippen LogP contribution in [0.25, 0.3) is 27.5 Å². The van der Waals surface area contributed by atoms with Crippen molar-refractivity contribution in [3.05, 3.63) is 74.5 Å². The van der Waals surface area contributed by atoms with E-state index in [0.29, 0.717) is 57.5 Å². The summed E-state index contributed by atoms with van der Waals surface area (Å²) in [4.78, 5) is 44.6. The van der Waals surface area contributed by atoms with Crippen LogP contribution in [0.4, 0.5) is 0 Å². The number of rotatable bonds is 4. The molecule has 2 aromatic carbocycles. The van der Waals surface area contributed by atoms with Gasteiger partial charge in [-0.2, -0.15) is 0 Å². The molecular formula is C26H24ClN3O5. The molecule has 0 saturated heterocycles. The van der Waals surface area contributed by atoms with Crippen molar-refractivity contribution >= 4 is 39.4 Å². The molecule has 1 saturated carbocycles. The van der Waals surface area contributed by atoms with Gasteiger partial charge in [-0.3, -0.25) is 19.1 Å². The maximum atomic E-state index is 14.1. The van der Waals surface area contributed by atoms with E-state index in [1.807, 2.05) is 6.07 Å². The lowest BCUT2D eigenvalue weighted by Crippen LogP contribution is -2.42. The number of methoxy groups -OCH3 is 2. The zero-order valence-corrected chi connectivity index (χ0v) is 20.1. The van der Waals surface area contributed by atoms with Gasteiger partial charge < -0.3 is 9.47 Å². The number of pyridine rings is 1. The fourth-order valence-electron chi connectivity index (χ4n) is 5.13. The average Bonchev–Trinajstić information content (AvgIpc) is 2.88. The van der Waals surface area contributed by atoms with Crippen LogP contribution in [0.3, 0.4) is 0 Å². The normalized spacial score (nSPS) is 18.0. The molecule has 2 aromatic heterocycles. The number of hydrogen-bond acceptors (Lipinski definition) is 6. The number of para-hydroxylation sites is 1. The zero-order valence-electron chi connectivity index (χ0n) is 19.4. The van der Waals surface area contributed by atoms with Gasteiger partial charge in [-0.1, -0.05) is 36.2 Å². The fourth-order valence-corrected chi connectivity index (χ4v) is 5.32. The van der Waals surface area contributed by atoms with Gasteiger partial charge in [0.15, 0.2) is 0 Å². The number of carbonyl (C=O) groups excluding carboxylic acids is 1. The predicted octanol–water partition coefficient (Wildman–Crippen LogP) is 4.27. The van der Waals surface area contributed by atoms with E-state index in [-0.39, 0.29) is 17.9 Å². The summed E-state index contributed by atoms with van der Waals surface area (Å²) in [5, 5.41) is 1.34. The van der Waals surface area contributed by atoms with E-state index in [0.717, 1.165) is 11.0 Å². The van der Waals surface area contributed by atoms with Gasteiger partial charge in [0.1, 0.15) is 11.3 Å². The van der Waals surface area contributed by atoms with Crippen molar-refractivity contribution in [1.29, 1.82) is 0 Å². The minimum absolute atomic E-state index is 0.289. The van der Waals surface area contributed by atoms with Crippen molar-refractivity contribution < 1.29 is 14.3 Å². The molecule has 9 heteroatoms. The number of nitrogens with zero attached hydrogens (tertiary/aromatic N) is 3. The number of aromatic nitrogens is 3. The average molecular weight is 494 g/mol. The summed E-state index contributed by atoms with van der Waals surface area (Å²) in [5.41, 5.74) is 0.430. The molecule has 4 aromatic rings. The Balaban J connectivity index is 1.88. The molecule has 0 unspecified atom stereocenters. The Morgan fingerprint density at radius 3 is 2.63 bits per heavy atom. The third kappa shape index (κ3) is 3.87. The van der Waals surface area contributed by atoms with Crippen LogP contribution >= 0.6 is 11.6 Å². The van der Waals surface area contributed by atoms with E-state index in [9.17, 15) is 14.4 Å². The van der Waals surface area contributed by atoms with Gasteiger partial charge in [-0.05, 0) is 43.5 Å². The van der Waals surface area contributed by atoms with E-state index in [2.05, 4.69) is 4.98 Å². The quantitative estimate of drug-likeness (QED) is 0.311. The van der Waals surface area contributed by atoms with E-state index < -0.39 is 11.2 Å². The Morgan fingerprint density at radius 1 is 1.09 bits per heavy atom. The minimum Gasteiger partial charge on any atom is -0.494 e. The summed E-state index contributed by atoms with van der Waals surface area (Å²) in [6.45, 7) is 0. The largest absolute Gasteiger partial charge is 0.494 e. The number of halogens is 1. The van der Waals surface area contributed by atoms with Crippen molar-refractivity contribution in [3.63, 3.8) is 0 Å². The van der Waals surface area contributed by atoms with E-state index in [1.165, 1.54) is 13.3 Å². The number of esters is 1. The molecule has 0 spiro atoms. The van der Waals surface area contributed by atoms with Crippen molar-refractivity contribution in [2.45, 2.75) is 31.7 Å². The zero-order chi connectivity index (χ0) is 24.7. The second-order valence-electron chi connectivity index (χ2n) is 8.69. The highest BCUT2D eigenvalue weighted by Crippen LogP contribution is 2.36. The van der Waals surface area contributed by atoms with E-state index >= 15 is 0 Å². The standard InChI is InChI=1S/C26H24ClN3O5/c1-34-21-11-5-10-19-22(21)28-14-20-23(19)29(17-8-3-6-15(12-17)25(32)35-2)26(33)30(24(20)31)18-9-4-7-16(27)13-18/h4-5,7,9-11,13-15,17H,3,6,8,12H2,1-2H3/t15-,17-/m1/s1. The van der Waals surface area contributed by atoms with Gasteiger partial charge in [0, 0.05) is 22.6 Å². The monoisotopic (exact) mass is 493 g/mol. The van der Waals surface area contributed by atoms with Crippen LogP contribution in [-0.4, -0.2) is 34.3 Å². The third-order valence-corrected chi connectivity index (χ3v) is 6.97. The first-order chi connectivity index (χ1) is 16.9. The molecule has 1 aliphatic carbocycles. The SMILES string of the molecule is COC(=O)[C@@H]1CCC[C@@H](n2c(=O)n(-c3cccc(Cl)c3)c(=O)c3cnc4c(OC)cccc4c32)C1. The second kappa shape index (κ2) is 9.19. The molecule has 0 amide bonds. The topological polar surface area (TPSA) is 92.4 Å². The Hall–Kier alpha value is -3.65. The molecule has 5 rings (SSSR count). The summed E-state index contributed by atoms with van der Waals surface area (Å²) in [6.07, 6.45) is 4.05. The Bertz CT molecular complexity index is 1580. The molecule has 1 fully saturated rings. The van der Waals surface area contributed by atoms with Crippen LogP contribution in [0, 0.1) is 5.92 Å². The molecule has 8 nitrogen and oxygen atoms in total. The van der Waals surface area contributed by atoms with Crippen molar-refractivity contribution in [2.24, 2.45) is 5.92 Å². The smallest absolute Gasteiger partial charge is 0.336 e. The molecule has 0 bridgehead atoms. The second-order valence-corrected chi connectivity index (χ2v) is 9.13. The van der Waals surface area contributed by atoms with Crippen LogP contribution in [0.2, 0.25) is 5.02 Å². The van der Waals surface area contributed by atoms with Crippen LogP contribution in [0.15, 0.2) is 58.3 Å². The third-order valence-electron chi connectivity index (χ3n) is 6.74. The lowest BCUT2D eigenvalue weighted by atomic mass is 9.85. The van der Waals surface area contributed by atoms with Crippen LogP contribution in [0.1, 0.15) is 31.7 Å². The van der Waals surface area contributed by atoms with Crippen molar-refractivity contribution in [3.8, 4) is 11.4 Å². The van der Waals surface area contributed by atoms with Crippen LogP contribution in [-0.2, 0) is 9.53 Å². The molecule has 0 aliphatic heterocycles. The predicted molar refractivity (Wildman–Crippen MR) is 134 cm³/mol. The van der Waals surface area contributed by atoms with Crippen molar-refractivity contribution in [2.75, 3.05) is 14.2 Å². The lowest BCUT2D eigenvalue weighted by molar-refractivity contribution is -0.147. The Kier molecular flexibility index (Phi) is 6.06. The van der Waals surface area contributed by atoms with Gasteiger partial charge in [0.2, 0.25) is 0 Å². The Morgan fingerprint density at radius 2 is 1.89 bits per heavy atom. The molecule has 180 valence electrons. The Labute approximate surface area is 205 Å². The minimum atomic E-state index is -0.490. The molecule has 0 radical (unpaired) electrons. The summed E-state index contributed by atoms with van der Waals surface area (Å²) in [7, 11) is 2.92. The first kappa shape index (κ1) is 23.1. The number of ether oxygens (including phenoxy) is 2. The number of carbonyl (C=O) groups is 1. The summed E-state index contributed by atoms with van der Waals surface area (Å²) < 4.78 is 13.3.